The lowest BCUT2D eigenvalue weighted by molar-refractivity contribution is 0.709. The van der Waals surface area contributed by atoms with E-state index in [2.05, 4.69) is 66.6 Å². The number of hydrogen-bond acceptors (Lipinski definition) is 1. The number of benzene rings is 2. The predicted molar refractivity (Wildman–Crippen MR) is 90.9 cm³/mol. The van der Waals surface area contributed by atoms with Crippen molar-refractivity contribution in [3.63, 3.8) is 0 Å². The summed E-state index contributed by atoms with van der Waals surface area (Å²) in [6, 6.07) is 14.9. The van der Waals surface area contributed by atoms with Crippen LogP contribution in [0.5, 0.6) is 0 Å². The van der Waals surface area contributed by atoms with Gasteiger partial charge in [0.1, 0.15) is 0 Å². The molecule has 20 heavy (non-hydrogen) atoms. The van der Waals surface area contributed by atoms with Crippen molar-refractivity contribution in [1.29, 1.82) is 0 Å². The Hall–Kier alpha value is -1.87. The van der Waals surface area contributed by atoms with Crippen LogP contribution in [0.4, 0.5) is 0 Å². The Morgan fingerprint density at radius 1 is 1.20 bits per heavy atom. The van der Waals surface area contributed by atoms with E-state index in [0.29, 0.717) is 11.7 Å². The Kier molecular flexibility index (Phi) is 4.74. The minimum Gasteiger partial charge on any atom is -0.359 e. The molecule has 0 saturated carbocycles. The molecule has 2 rings (SSSR count). The van der Waals surface area contributed by atoms with Crippen LogP contribution in [0.25, 0.3) is 10.8 Å². The third kappa shape index (κ3) is 3.58. The van der Waals surface area contributed by atoms with Crippen molar-refractivity contribution in [2.45, 2.75) is 19.9 Å². The molecule has 1 atom stereocenters. The fourth-order valence-corrected chi connectivity index (χ4v) is 2.43. The summed E-state index contributed by atoms with van der Waals surface area (Å²) in [7, 11) is 0. The fourth-order valence-electron chi connectivity index (χ4n) is 2.18. The summed E-state index contributed by atoms with van der Waals surface area (Å²) in [5.41, 5.74) is 2.31. The minimum atomic E-state index is 0.159. The molecule has 0 heterocycles. The van der Waals surface area contributed by atoms with Gasteiger partial charge in [-0.15, -0.1) is 0 Å². The van der Waals surface area contributed by atoms with Gasteiger partial charge < -0.3 is 10.6 Å². The Bertz CT molecular complexity index is 628. The zero-order valence-corrected chi connectivity index (χ0v) is 12.8. The molecular weight excluding hydrogens is 264 g/mol. The average molecular weight is 284 g/mol. The van der Waals surface area contributed by atoms with Gasteiger partial charge >= 0.3 is 0 Å². The first kappa shape index (κ1) is 14.5. The van der Waals surface area contributed by atoms with E-state index in [4.69, 9.17) is 12.2 Å². The molecule has 2 aromatic carbocycles. The second-order valence-corrected chi connectivity index (χ2v) is 5.48. The standard InChI is InChI=1S/C17H20N2S/c1-12(2)11-18-17(20)19-13(3)15-10-6-8-14-7-4-5-9-16(14)15/h4-10,13H,1,11H2,2-3H3,(H2,18,19,20)/t13-/m0/s1. The van der Waals surface area contributed by atoms with Gasteiger partial charge in [0.25, 0.3) is 0 Å². The van der Waals surface area contributed by atoms with Gasteiger partial charge in [-0.25, -0.2) is 0 Å². The number of fused-ring (bicyclic) bond motifs is 1. The van der Waals surface area contributed by atoms with E-state index >= 15 is 0 Å². The van der Waals surface area contributed by atoms with Crippen molar-refractivity contribution in [3.05, 3.63) is 60.2 Å². The Morgan fingerprint density at radius 3 is 2.65 bits per heavy atom. The van der Waals surface area contributed by atoms with Crippen LogP contribution in [0.3, 0.4) is 0 Å². The van der Waals surface area contributed by atoms with Crippen LogP contribution in [0, 0.1) is 0 Å². The number of nitrogens with one attached hydrogen (secondary N) is 2. The van der Waals surface area contributed by atoms with Gasteiger partial charge in [0.15, 0.2) is 5.11 Å². The van der Waals surface area contributed by atoms with E-state index < -0.39 is 0 Å². The van der Waals surface area contributed by atoms with Gasteiger partial charge in [-0.1, -0.05) is 54.6 Å². The Labute approximate surface area is 125 Å². The number of hydrogen-bond donors (Lipinski definition) is 2. The Balaban J connectivity index is 2.13. The van der Waals surface area contributed by atoms with Gasteiger partial charge in [-0.2, -0.15) is 0 Å². The summed E-state index contributed by atoms with van der Waals surface area (Å²) in [5.74, 6) is 0. The molecule has 0 spiro atoms. The first-order valence-corrected chi connectivity index (χ1v) is 7.15. The third-order valence-electron chi connectivity index (χ3n) is 3.19. The van der Waals surface area contributed by atoms with E-state index in [0.717, 1.165) is 5.57 Å². The van der Waals surface area contributed by atoms with Crippen molar-refractivity contribution in [3.8, 4) is 0 Å². The molecular formula is C17H20N2S. The van der Waals surface area contributed by atoms with Crippen molar-refractivity contribution < 1.29 is 0 Å². The van der Waals surface area contributed by atoms with Gasteiger partial charge in [0.05, 0.1) is 6.04 Å². The largest absolute Gasteiger partial charge is 0.359 e. The van der Waals surface area contributed by atoms with Crippen LogP contribution in [-0.4, -0.2) is 11.7 Å². The van der Waals surface area contributed by atoms with Crippen LogP contribution in [0.2, 0.25) is 0 Å². The SMILES string of the molecule is C=C(C)CNC(=S)N[C@@H](C)c1cccc2ccccc12. The second-order valence-electron chi connectivity index (χ2n) is 5.07. The summed E-state index contributed by atoms with van der Waals surface area (Å²) < 4.78 is 0. The van der Waals surface area contributed by atoms with Crippen molar-refractivity contribution >= 4 is 28.1 Å². The molecule has 0 aliphatic rings. The van der Waals surface area contributed by atoms with E-state index in [1.54, 1.807) is 0 Å². The van der Waals surface area contributed by atoms with Gasteiger partial charge in [0, 0.05) is 6.54 Å². The summed E-state index contributed by atoms with van der Waals surface area (Å²) >= 11 is 5.31. The van der Waals surface area contributed by atoms with Gasteiger partial charge in [0.2, 0.25) is 0 Å². The summed E-state index contributed by atoms with van der Waals surface area (Å²) in [6.07, 6.45) is 0. The maximum atomic E-state index is 5.31. The van der Waals surface area contributed by atoms with Crippen LogP contribution in [0.1, 0.15) is 25.5 Å². The highest BCUT2D eigenvalue weighted by Gasteiger charge is 2.09. The maximum Gasteiger partial charge on any atom is 0.167 e. The zero-order valence-electron chi connectivity index (χ0n) is 11.9. The highest BCUT2D eigenvalue weighted by Crippen LogP contribution is 2.23. The molecule has 0 amide bonds. The smallest absolute Gasteiger partial charge is 0.167 e. The van der Waals surface area contributed by atoms with E-state index in [1.165, 1.54) is 16.3 Å². The minimum absolute atomic E-state index is 0.159. The molecule has 2 N–H and O–H groups in total. The molecule has 0 saturated heterocycles. The average Bonchev–Trinajstić information content (AvgIpc) is 2.44. The van der Waals surface area contributed by atoms with Crippen molar-refractivity contribution in [2.75, 3.05) is 6.54 Å². The zero-order chi connectivity index (χ0) is 14.5. The molecule has 2 nitrogen and oxygen atoms in total. The van der Waals surface area contributed by atoms with Crippen molar-refractivity contribution in [1.82, 2.24) is 10.6 Å². The lowest BCUT2D eigenvalue weighted by Crippen LogP contribution is -2.37. The van der Waals surface area contributed by atoms with Crippen LogP contribution >= 0.6 is 12.2 Å². The number of thiocarbonyl (C=S) groups is 1. The second kappa shape index (κ2) is 6.53. The summed E-state index contributed by atoms with van der Waals surface area (Å²) in [5, 5.41) is 9.65. The first-order valence-electron chi connectivity index (χ1n) is 6.74. The van der Waals surface area contributed by atoms with Gasteiger partial charge in [-0.3, -0.25) is 0 Å². The molecule has 0 bridgehead atoms. The normalized spacial score (nSPS) is 11.9. The molecule has 0 unspecified atom stereocenters. The molecule has 0 aliphatic heterocycles. The van der Waals surface area contributed by atoms with Crippen LogP contribution in [-0.2, 0) is 0 Å². The van der Waals surface area contributed by atoms with Crippen LogP contribution in [0.15, 0.2) is 54.6 Å². The summed E-state index contributed by atoms with van der Waals surface area (Å²) in [6.45, 7) is 8.66. The predicted octanol–water partition coefficient (Wildman–Crippen LogP) is 3.94. The molecule has 0 fully saturated rings. The highest BCUT2D eigenvalue weighted by atomic mass is 32.1. The quantitative estimate of drug-likeness (QED) is 0.657. The molecule has 2 aromatic rings. The Morgan fingerprint density at radius 2 is 1.90 bits per heavy atom. The molecule has 0 radical (unpaired) electrons. The van der Waals surface area contributed by atoms with Crippen molar-refractivity contribution in [2.24, 2.45) is 0 Å². The fraction of sp³-hybridized carbons (Fsp3) is 0.235. The van der Waals surface area contributed by atoms with E-state index in [9.17, 15) is 0 Å². The topological polar surface area (TPSA) is 24.1 Å². The molecule has 0 aliphatic carbocycles. The lowest BCUT2D eigenvalue weighted by Gasteiger charge is -2.19. The van der Waals surface area contributed by atoms with E-state index in [-0.39, 0.29) is 6.04 Å². The monoisotopic (exact) mass is 284 g/mol. The summed E-state index contributed by atoms with van der Waals surface area (Å²) in [4.78, 5) is 0. The first-order chi connectivity index (χ1) is 9.58. The third-order valence-corrected chi connectivity index (χ3v) is 3.45. The lowest BCUT2D eigenvalue weighted by atomic mass is 10.00. The number of rotatable bonds is 4. The van der Waals surface area contributed by atoms with Crippen LogP contribution < -0.4 is 10.6 Å². The maximum absolute atomic E-state index is 5.31. The molecule has 0 aromatic heterocycles. The van der Waals surface area contributed by atoms with E-state index in [1.807, 2.05) is 6.92 Å². The highest BCUT2D eigenvalue weighted by molar-refractivity contribution is 7.80. The van der Waals surface area contributed by atoms with Gasteiger partial charge in [-0.05, 0) is 42.4 Å². The molecule has 104 valence electrons. The molecule has 3 heteroatoms.